The van der Waals surface area contributed by atoms with Gasteiger partial charge in [0, 0.05) is 24.6 Å². The van der Waals surface area contributed by atoms with Gasteiger partial charge in [-0.3, -0.25) is 15.0 Å². The maximum absolute atomic E-state index is 10.9. The van der Waals surface area contributed by atoms with Crippen molar-refractivity contribution in [3.05, 3.63) is 87.6 Å². The topological polar surface area (TPSA) is 85.3 Å². The normalized spacial score (nSPS) is 12.3. The van der Waals surface area contributed by atoms with Gasteiger partial charge in [-0.1, -0.05) is 47.6 Å². The molecule has 1 aromatic heterocycles. The molecule has 1 unspecified atom stereocenters. The number of hydrogen-bond acceptors (Lipinski definition) is 6. The fourth-order valence-corrected chi connectivity index (χ4v) is 2.71. The number of nitro groups is 1. The van der Waals surface area contributed by atoms with Crippen molar-refractivity contribution in [3.63, 3.8) is 0 Å². The summed E-state index contributed by atoms with van der Waals surface area (Å²) in [5.74, 6) is 1.17. The Bertz CT molecular complexity index is 879. The molecule has 26 heavy (non-hydrogen) atoms. The zero-order chi connectivity index (χ0) is 18.5. The van der Waals surface area contributed by atoms with Crippen molar-refractivity contribution < 1.29 is 9.45 Å². The summed E-state index contributed by atoms with van der Waals surface area (Å²) in [6.45, 7) is 2.45. The van der Waals surface area contributed by atoms with Crippen LogP contribution in [0.5, 0.6) is 0 Å². The first kappa shape index (κ1) is 17.8. The van der Waals surface area contributed by atoms with Crippen molar-refractivity contribution in [3.8, 4) is 0 Å². The lowest BCUT2D eigenvalue weighted by atomic mass is 10.1. The highest BCUT2D eigenvalue weighted by Gasteiger charge is 2.17. The zero-order valence-electron chi connectivity index (χ0n) is 14.7. The van der Waals surface area contributed by atoms with Crippen molar-refractivity contribution >= 4 is 5.69 Å². The van der Waals surface area contributed by atoms with Crippen molar-refractivity contribution in [1.29, 1.82) is 0 Å². The van der Waals surface area contributed by atoms with E-state index < -0.39 is 0 Å². The molecule has 0 spiro atoms. The van der Waals surface area contributed by atoms with Crippen LogP contribution in [0.3, 0.4) is 0 Å². The Balaban J connectivity index is 1.65. The van der Waals surface area contributed by atoms with E-state index in [0.717, 1.165) is 11.1 Å². The van der Waals surface area contributed by atoms with Gasteiger partial charge in [-0.05, 0) is 25.1 Å². The van der Waals surface area contributed by atoms with Crippen LogP contribution in [-0.2, 0) is 13.0 Å². The molecule has 0 aliphatic carbocycles. The van der Waals surface area contributed by atoms with Crippen LogP contribution in [0.2, 0.25) is 0 Å². The molecule has 7 nitrogen and oxygen atoms in total. The molecular weight excluding hydrogens is 332 g/mol. The van der Waals surface area contributed by atoms with Crippen LogP contribution in [0.25, 0.3) is 0 Å². The summed E-state index contributed by atoms with van der Waals surface area (Å²) in [4.78, 5) is 17.0. The Hall–Kier alpha value is -3.06. The Morgan fingerprint density at radius 2 is 1.96 bits per heavy atom. The van der Waals surface area contributed by atoms with Crippen LogP contribution >= 0.6 is 0 Å². The highest BCUT2D eigenvalue weighted by molar-refractivity contribution is 5.35. The van der Waals surface area contributed by atoms with Gasteiger partial charge in [0.15, 0.2) is 5.82 Å². The second kappa shape index (κ2) is 7.88. The van der Waals surface area contributed by atoms with Gasteiger partial charge in [0.25, 0.3) is 5.69 Å². The molecule has 0 amide bonds. The van der Waals surface area contributed by atoms with Crippen molar-refractivity contribution in [2.45, 2.75) is 25.9 Å². The maximum atomic E-state index is 10.9. The van der Waals surface area contributed by atoms with E-state index in [1.807, 2.05) is 55.3 Å². The average Bonchev–Trinajstić information content (AvgIpc) is 3.08. The maximum Gasteiger partial charge on any atom is 0.269 e. The van der Waals surface area contributed by atoms with E-state index in [9.17, 15) is 10.1 Å². The lowest BCUT2D eigenvalue weighted by molar-refractivity contribution is -0.384. The number of hydrogen-bond donors (Lipinski definition) is 0. The predicted molar refractivity (Wildman–Crippen MR) is 96.5 cm³/mol. The number of nitro benzene ring substituents is 1. The van der Waals surface area contributed by atoms with E-state index in [2.05, 4.69) is 10.1 Å². The molecule has 1 atom stereocenters. The average molecular weight is 352 g/mol. The third-order valence-corrected chi connectivity index (χ3v) is 4.32. The van der Waals surface area contributed by atoms with Crippen LogP contribution in [0, 0.1) is 10.1 Å². The quantitative estimate of drug-likeness (QED) is 0.475. The molecule has 0 saturated carbocycles. The molecule has 0 radical (unpaired) electrons. The van der Waals surface area contributed by atoms with Crippen LogP contribution in [0.4, 0.5) is 5.69 Å². The zero-order valence-corrected chi connectivity index (χ0v) is 14.7. The molecule has 0 saturated heterocycles. The molecule has 0 bridgehead atoms. The molecule has 0 aliphatic rings. The Labute approximate surface area is 151 Å². The van der Waals surface area contributed by atoms with Crippen LogP contribution in [0.1, 0.15) is 35.8 Å². The fourth-order valence-electron chi connectivity index (χ4n) is 2.71. The lowest BCUT2D eigenvalue weighted by Crippen LogP contribution is -2.22. The molecule has 0 N–H and O–H groups in total. The van der Waals surface area contributed by atoms with Gasteiger partial charge in [0.1, 0.15) is 0 Å². The largest absolute Gasteiger partial charge is 0.338 e. The van der Waals surface area contributed by atoms with Gasteiger partial charge in [0.2, 0.25) is 5.89 Å². The molecule has 0 aliphatic heterocycles. The number of benzene rings is 2. The predicted octanol–water partition coefficient (Wildman–Crippen LogP) is 3.76. The minimum Gasteiger partial charge on any atom is -0.338 e. The summed E-state index contributed by atoms with van der Waals surface area (Å²) < 4.78 is 5.34. The molecule has 3 aromatic rings. The summed E-state index contributed by atoms with van der Waals surface area (Å²) >= 11 is 0. The second-order valence-electron chi connectivity index (χ2n) is 6.21. The number of aromatic nitrogens is 2. The lowest BCUT2D eigenvalue weighted by Gasteiger charge is -2.23. The van der Waals surface area contributed by atoms with E-state index >= 15 is 0 Å². The molecule has 134 valence electrons. The Morgan fingerprint density at radius 1 is 1.19 bits per heavy atom. The highest BCUT2D eigenvalue weighted by Crippen LogP contribution is 2.24. The Kier molecular flexibility index (Phi) is 5.38. The molecule has 3 rings (SSSR count). The number of rotatable bonds is 7. The van der Waals surface area contributed by atoms with Crippen LogP contribution in [0.15, 0.2) is 59.1 Å². The van der Waals surface area contributed by atoms with Gasteiger partial charge < -0.3 is 4.52 Å². The van der Waals surface area contributed by atoms with Gasteiger partial charge in [-0.15, -0.1) is 0 Å². The summed E-state index contributed by atoms with van der Waals surface area (Å²) in [6, 6.07) is 16.6. The fraction of sp³-hybridized carbons (Fsp3) is 0.263. The second-order valence-corrected chi connectivity index (χ2v) is 6.21. The van der Waals surface area contributed by atoms with E-state index in [-0.39, 0.29) is 16.7 Å². The van der Waals surface area contributed by atoms with E-state index in [1.54, 1.807) is 12.1 Å². The number of nitrogens with zero attached hydrogens (tertiary/aromatic N) is 4. The van der Waals surface area contributed by atoms with Crippen molar-refractivity contribution in [2.75, 3.05) is 7.05 Å². The first-order valence-electron chi connectivity index (χ1n) is 8.33. The van der Waals surface area contributed by atoms with Crippen LogP contribution < -0.4 is 0 Å². The monoisotopic (exact) mass is 352 g/mol. The number of non-ortho nitro benzene ring substituents is 1. The van der Waals surface area contributed by atoms with Crippen molar-refractivity contribution in [2.24, 2.45) is 0 Å². The van der Waals surface area contributed by atoms with Gasteiger partial charge in [-0.2, -0.15) is 4.98 Å². The van der Waals surface area contributed by atoms with E-state index in [4.69, 9.17) is 4.52 Å². The summed E-state index contributed by atoms with van der Waals surface area (Å²) in [6.07, 6.45) is 0.620. The van der Waals surface area contributed by atoms with Crippen molar-refractivity contribution in [1.82, 2.24) is 15.0 Å². The molecule has 7 heteroatoms. The van der Waals surface area contributed by atoms with E-state index in [0.29, 0.717) is 24.7 Å². The summed E-state index contributed by atoms with van der Waals surface area (Å²) in [7, 11) is 1.92. The van der Waals surface area contributed by atoms with Gasteiger partial charge >= 0.3 is 0 Å². The first-order valence-corrected chi connectivity index (χ1v) is 8.33. The molecular formula is C19H20N4O3. The minimum atomic E-state index is -0.385. The molecule has 2 aromatic carbocycles. The smallest absolute Gasteiger partial charge is 0.269 e. The van der Waals surface area contributed by atoms with E-state index in [1.165, 1.54) is 6.07 Å². The third-order valence-electron chi connectivity index (χ3n) is 4.32. The third kappa shape index (κ3) is 4.31. The highest BCUT2D eigenvalue weighted by atomic mass is 16.6. The van der Waals surface area contributed by atoms with Gasteiger partial charge in [-0.25, -0.2) is 0 Å². The Morgan fingerprint density at radius 3 is 2.69 bits per heavy atom. The SMILES string of the molecule is CC(c1cccc([N+](=O)[O-])c1)N(C)Cc1nc(Cc2ccccc2)no1. The van der Waals surface area contributed by atoms with Crippen LogP contribution in [-0.4, -0.2) is 27.0 Å². The molecule has 0 fully saturated rings. The molecule has 1 heterocycles. The summed E-state index contributed by atoms with van der Waals surface area (Å²) in [5.41, 5.74) is 2.08. The van der Waals surface area contributed by atoms with Gasteiger partial charge in [0.05, 0.1) is 11.5 Å². The minimum absolute atomic E-state index is 0.0284. The summed E-state index contributed by atoms with van der Waals surface area (Å²) in [5, 5.41) is 15.0. The first-order chi connectivity index (χ1) is 12.5. The standard InChI is InChI=1S/C19H20N4O3/c1-14(16-9-6-10-17(12-16)23(24)25)22(2)13-19-20-18(21-26-19)11-15-7-4-3-5-8-15/h3-10,12,14H,11,13H2,1-2H3.